The number of amides is 1. The Bertz CT molecular complexity index is 517. The molecule has 108 valence electrons. The standard InChI is InChI=1S/C16H21NO2S/c1-12-6-7-15(11-14(12)5-4-9-18)16(19)17-13(2)8-10-20-3/h6-7,11,13,18H,8-10H2,1-3H3,(H,17,19). The number of aliphatic hydroxyl groups excluding tert-OH is 1. The topological polar surface area (TPSA) is 49.3 Å². The SMILES string of the molecule is CSCCC(C)NC(=O)c1ccc(C)c(C#CCO)c1. The number of benzene rings is 1. The number of hydrogen-bond acceptors (Lipinski definition) is 3. The molecule has 4 heteroatoms. The first-order valence-corrected chi connectivity index (χ1v) is 7.98. The lowest BCUT2D eigenvalue weighted by atomic mass is 10.0. The third-order valence-corrected chi connectivity index (χ3v) is 3.58. The molecule has 0 radical (unpaired) electrons. The van der Waals surface area contributed by atoms with Crippen molar-refractivity contribution in [3.63, 3.8) is 0 Å². The van der Waals surface area contributed by atoms with Gasteiger partial charge < -0.3 is 10.4 Å². The van der Waals surface area contributed by atoms with E-state index in [9.17, 15) is 4.79 Å². The number of nitrogens with one attached hydrogen (secondary N) is 1. The van der Waals surface area contributed by atoms with Crippen molar-refractivity contribution in [3.05, 3.63) is 34.9 Å². The summed E-state index contributed by atoms with van der Waals surface area (Å²) in [5.74, 6) is 6.43. The summed E-state index contributed by atoms with van der Waals surface area (Å²) in [7, 11) is 0. The van der Waals surface area contributed by atoms with Gasteiger partial charge in [0.2, 0.25) is 0 Å². The molecule has 0 aliphatic rings. The fraction of sp³-hybridized carbons (Fsp3) is 0.438. The van der Waals surface area contributed by atoms with Crippen LogP contribution in [0.1, 0.15) is 34.8 Å². The molecule has 20 heavy (non-hydrogen) atoms. The maximum Gasteiger partial charge on any atom is 0.251 e. The Morgan fingerprint density at radius 3 is 2.90 bits per heavy atom. The van der Waals surface area contributed by atoms with Crippen LogP contribution >= 0.6 is 11.8 Å². The van der Waals surface area contributed by atoms with Crippen LogP contribution in [0.25, 0.3) is 0 Å². The Kier molecular flexibility index (Phi) is 7.21. The van der Waals surface area contributed by atoms with Gasteiger partial charge in [-0.05, 0) is 50.0 Å². The minimum atomic E-state index is -0.179. The molecular formula is C16H21NO2S. The highest BCUT2D eigenvalue weighted by Crippen LogP contribution is 2.11. The summed E-state index contributed by atoms with van der Waals surface area (Å²) in [6.45, 7) is 3.76. The van der Waals surface area contributed by atoms with Crippen LogP contribution in [0, 0.1) is 18.8 Å². The highest BCUT2D eigenvalue weighted by molar-refractivity contribution is 7.98. The largest absolute Gasteiger partial charge is 0.384 e. The summed E-state index contributed by atoms with van der Waals surface area (Å²) in [4.78, 5) is 12.1. The molecule has 1 atom stereocenters. The van der Waals surface area contributed by atoms with Gasteiger partial charge in [-0.25, -0.2) is 0 Å². The zero-order valence-electron chi connectivity index (χ0n) is 12.2. The first kappa shape index (κ1) is 16.6. The summed E-state index contributed by atoms with van der Waals surface area (Å²) in [5, 5.41) is 11.7. The van der Waals surface area contributed by atoms with E-state index >= 15 is 0 Å². The van der Waals surface area contributed by atoms with E-state index in [0.717, 1.165) is 23.3 Å². The molecule has 0 saturated heterocycles. The van der Waals surface area contributed by atoms with Gasteiger partial charge in [0.25, 0.3) is 5.91 Å². The monoisotopic (exact) mass is 291 g/mol. The Morgan fingerprint density at radius 2 is 2.25 bits per heavy atom. The fourth-order valence-corrected chi connectivity index (χ4v) is 2.30. The van der Waals surface area contributed by atoms with Crippen molar-refractivity contribution in [1.82, 2.24) is 5.32 Å². The van der Waals surface area contributed by atoms with Gasteiger partial charge in [-0.3, -0.25) is 4.79 Å². The Morgan fingerprint density at radius 1 is 1.50 bits per heavy atom. The minimum absolute atomic E-state index is 0.0781. The molecule has 0 saturated carbocycles. The van der Waals surface area contributed by atoms with Crippen LogP contribution in [0.5, 0.6) is 0 Å². The number of aryl methyl sites for hydroxylation is 1. The van der Waals surface area contributed by atoms with Crippen molar-refractivity contribution in [2.24, 2.45) is 0 Å². The van der Waals surface area contributed by atoms with Crippen LogP contribution in [0.4, 0.5) is 0 Å². The number of carbonyl (C=O) groups is 1. The highest BCUT2D eigenvalue weighted by Gasteiger charge is 2.10. The van der Waals surface area contributed by atoms with E-state index in [1.807, 2.05) is 19.9 Å². The first-order chi connectivity index (χ1) is 9.58. The number of rotatable bonds is 5. The molecular weight excluding hydrogens is 270 g/mol. The smallest absolute Gasteiger partial charge is 0.251 e. The summed E-state index contributed by atoms with van der Waals surface area (Å²) < 4.78 is 0. The van der Waals surface area contributed by atoms with Crippen LogP contribution in [-0.4, -0.2) is 35.7 Å². The number of aliphatic hydroxyl groups is 1. The zero-order valence-corrected chi connectivity index (χ0v) is 13.0. The van der Waals surface area contributed by atoms with Crippen LogP contribution in [0.15, 0.2) is 18.2 Å². The van der Waals surface area contributed by atoms with Gasteiger partial charge in [-0.1, -0.05) is 17.9 Å². The molecule has 1 aromatic rings. The molecule has 1 rings (SSSR count). The lowest BCUT2D eigenvalue weighted by Crippen LogP contribution is -2.33. The number of thioether (sulfide) groups is 1. The van der Waals surface area contributed by atoms with Crippen molar-refractivity contribution in [2.75, 3.05) is 18.6 Å². The van der Waals surface area contributed by atoms with Crippen molar-refractivity contribution < 1.29 is 9.90 Å². The molecule has 1 unspecified atom stereocenters. The molecule has 0 aliphatic carbocycles. The van der Waals surface area contributed by atoms with Gasteiger partial charge in [0.05, 0.1) is 0 Å². The number of carbonyl (C=O) groups excluding carboxylic acids is 1. The van der Waals surface area contributed by atoms with Crippen molar-refractivity contribution in [1.29, 1.82) is 0 Å². The summed E-state index contributed by atoms with van der Waals surface area (Å²) in [6, 6.07) is 5.61. The lowest BCUT2D eigenvalue weighted by Gasteiger charge is -2.13. The Balaban J connectivity index is 2.78. The molecule has 0 bridgehead atoms. The van der Waals surface area contributed by atoms with Crippen molar-refractivity contribution >= 4 is 17.7 Å². The maximum absolute atomic E-state index is 12.1. The van der Waals surface area contributed by atoms with Gasteiger partial charge in [0, 0.05) is 17.2 Å². The van der Waals surface area contributed by atoms with E-state index < -0.39 is 0 Å². The van der Waals surface area contributed by atoms with Crippen LogP contribution in [0.2, 0.25) is 0 Å². The van der Waals surface area contributed by atoms with Crippen molar-refractivity contribution in [3.8, 4) is 11.8 Å². The van der Waals surface area contributed by atoms with E-state index in [2.05, 4.69) is 23.4 Å². The van der Waals surface area contributed by atoms with E-state index in [4.69, 9.17) is 5.11 Å². The highest BCUT2D eigenvalue weighted by atomic mass is 32.2. The van der Waals surface area contributed by atoms with Crippen LogP contribution in [0.3, 0.4) is 0 Å². The van der Waals surface area contributed by atoms with Crippen LogP contribution in [-0.2, 0) is 0 Å². The third-order valence-electron chi connectivity index (χ3n) is 2.93. The Labute approximate surface area is 125 Å². The zero-order chi connectivity index (χ0) is 15.0. The molecule has 2 N–H and O–H groups in total. The van der Waals surface area contributed by atoms with Crippen LogP contribution < -0.4 is 5.32 Å². The van der Waals surface area contributed by atoms with E-state index in [1.54, 1.807) is 23.9 Å². The molecule has 0 spiro atoms. The van der Waals surface area contributed by atoms with Gasteiger partial charge in [-0.2, -0.15) is 11.8 Å². The second kappa shape index (κ2) is 8.68. The fourth-order valence-electron chi connectivity index (χ4n) is 1.71. The predicted octanol–water partition coefficient (Wildman–Crippen LogP) is 2.21. The van der Waals surface area contributed by atoms with Gasteiger partial charge in [0.1, 0.15) is 6.61 Å². The van der Waals surface area contributed by atoms with Gasteiger partial charge in [-0.15, -0.1) is 0 Å². The van der Waals surface area contributed by atoms with E-state index in [-0.39, 0.29) is 18.6 Å². The predicted molar refractivity (Wildman–Crippen MR) is 85.1 cm³/mol. The minimum Gasteiger partial charge on any atom is -0.384 e. The quantitative estimate of drug-likeness (QED) is 0.818. The van der Waals surface area contributed by atoms with Gasteiger partial charge in [0.15, 0.2) is 0 Å². The summed E-state index contributed by atoms with van der Waals surface area (Å²) >= 11 is 1.77. The molecule has 1 aromatic carbocycles. The molecule has 0 fully saturated rings. The Hall–Kier alpha value is -1.44. The molecule has 3 nitrogen and oxygen atoms in total. The third kappa shape index (κ3) is 5.28. The van der Waals surface area contributed by atoms with Gasteiger partial charge >= 0.3 is 0 Å². The normalized spacial score (nSPS) is 11.4. The van der Waals surface area contributed by atoms with Crippen molar-refractivity contribution in [2.45, 2.75) is 26.3 Å². The number of hydrogen-bond donors (Lipinski definition) is 2. The molecule has 0 heterocycles. The second-order valence-electron chi connectivity index (χ2n) is 4.65. The summed E-state index contributed by atoms with van der Waals surface area (Å²) in [5.41, 5.74) is 2.38. The first-order valence-electron chi connectivity index (χ1n) is 6.58. The maximum atomic E-state index is 12.1. The molecule has 0 aromatic heterocycles. The second-order valence-corrected chi connectivity index (χ2v) is 5.63. The lowest BCUT2D eigenvalue weighted by molar-refractivity contribution is 0.0939. The van der Waals surface area contributed by atoms with E-state index in [0.29, 0.717) is 5.56 Å². The molecule has 0 aliphatic heterocycles. The molecule has 1 amide bonds. The summed E-state index contributed by atoms with van der Waals surface area (Å²) in [6.07, 6.45) is 3.01. The van der Waals surface area contributed by atoms with E-state index in [1.165, 1.54) is 0 Å². The average molecular weight is 291 g/mol. The average Bonchev–Trinajstić information content (AvgIpc) is 2.44.